The number of hydrogen-bond acceptors (Lipinski definition) is 16. The predicted octanol–water partition coefficient (Wildman–Crippen LogP) is -3.12. The number of H-pyrrole nitrogens is 1. The fourth-order valence-corrected chi connectivity index (χ4v) is 10.4. The number of aromatic hydroxyl groups is 1. The number of carbonyl (C=O) groups is 11. The summed E-state index contributed by atoms with van der Waals surface area (Å²) in [6.45, 7) is 4.67. The standard InChI is InChI=1S/C51H75N13O14S/c1-27(2)41(48(74)59-35(22-29-11-13-31(66)14-12-29)50(76)64-20-6-9-37(64)46(72)56-32(15-16-39(53)67)43(69)61-42(28(3)65)51(77)78)60-47(73)38-10-7-19-63(38)49(75)33(17-21-79-4)57-44(70)34(23-30-25-54-26-55-30)58-45(71)36-8-5-18-62(36)40(68)24-52/h11-14,25-28,32-38,41-42,65-66H,5-10,15-24,52H2,1-4H3,(H2,53,67)(H,54,55)(H,56,72)(H,57,70)(H,58,71)(H,59,74)(H,60,73)(H,61,69)(H,77,78)/t28-,32+,33+,34+,35+,36+,37+,38+,41+,42+/m1/s1. The molecule has 10 amide bonds. The largest absolute Gasteiger partial charge is 0.508 e. The number of nitrogens with two attached hydrogens (primary N) is 2. The second-order valence-corrected chi connectivity index (χ2v) is 21.3. The number of hydrogen-bond donors (Lipinski definition) is 12. The third kappa shape index (κ3) is 17.3. The smallest absolute Gasteiger partial charge is 0.328 e. The first kappa shape index (κ1) is 62.5. The normalized spacial score (nSPS) is 19.7. The Morgan fingerprint density at radius 3 is 1.73 bits per heavy atom. The van der Waals surface area contributed by atoms with Crippen LogP contribution >= 0.6 is 11.8 Å². The lowest BCUT2D eigenvalue weighted by molar-refractivity contribution is -0.146. The van der Waals surface area contributed by atoms with Gasteiger partial charge in [0.15, 0.2) is 6.04 Å². The number of aliphatic hydroxyl groups excluding tert-OH is 1. The van der Waals surface area contributed by atoms with Gasteiger partial charge in [0, 0.05) is 50.8 Å². The van der Waals surface area contributed by atoms with Crippen LogP contribution in [0.15, 0.2) is 36.8 Å². The van der Waals surface area contributed by atoms with Crippen LogP contribution in [-0.2, 0) is 65.6 Å². The number of likely N-dealkylation sites (tertiary alicyclic amines) is 3. The molecular formula is C51H75N13O14S. The Hall–Kier alpha value is -7.33. The number of carbonyl (C=O) groups excluding carboxylic acids is 10. The molecule has 79 heavy (non-hydrogen) atoms. The average Bonchev–Trinajstić information content (AvgIpc) is 4.36. The minimum Gasteiger partial charge on any atom is -0.508 e. The quantitative estimate of drug-likeness (QED) is 0.0401. The van der Waals surface area contributed by atoms with E-state index in [0.717, 1.165) is 6.92 Å². The molecule has 10 atom stereocenters. The van der Waals surface area contributed by atoms with Gasteiger partial charge < -0.3 is 78.4 Å². The first-order valence-electron chi connectivity index (χ1n) is 26.4. The molecule has 0 spiro atoms. The number of rotatable bonds is 28. The number of aromatic nitrogens is 2. The Balaban J connectivity index is 1.33. The van der Waals surface area contributed by atoms with E-state index >= 15 is 0 Å². The summed E-state index contributed by atoms with van der Waals surface area (Å²) in [5.41, 5.74) is 11.9. The highest BCUT2D eigenvalue weighted by molar-refractivity contribution is 7.98. The van der Waals surface area contributed by atoms with E-state index < -0.39 is 138 Å². The van der Waals surface area contributed by atoms with Gasteiger partial charge in [-0.15, -0.1) is 0 Å². The van der Waals surface area contributed by atoms with Crippen molar-refractivity contribution in [3.05, 3.63) is 48.0 Å². The van der Waals surface area contributed by atoms with Crippen molar-refractivity contribution >= 4 is 76.8 Å². The molecule has 14 N–H and O–H groups in total. The van der Waals surface area contributed by atoms with Crippen molar-refractivity contribution in [1.82, 2.24) is 56.6 Å². The van der Waals surface area contributed by atoms with Gasteiger partial charge in [-0.1, -0.05) is 26.0 Å². The number of phenolic OH excluding ortho intramolecular Hbond substituents is 1. The molecule has 3 fully saturated rings. The summed E-state index contributed by atoms with van der Waals surface area (Å²) in [4.78, 5) is 160. The molecule has 3 saturated heterocycles. The Kier molecular flexibility index (Phi) is 23.4. The second kappa shape index (κ2) is 29.6. The lowest BCUT2D eigenvalue weighted by Crippen LogP contribution is -2.61. The van der Waals surface area contributed by atoms with E-state index in [-0.39, 0.29) is 63.9 Å². The van der Waals surface area contributed by atoms with Crippen molar-refractivity contribution in [2.45, 2.75) is 152 Å². The number of benzene rings is 1. The zero-order valence-electron chi connectivity index (χ0n) is 44.8. The van der Waals surface area contributed by atoms with Crippen LogP contribution in [0.1, 0.15) is 89.8 Å². The van der Waals surface area contributed by atoms with Gasteiger partial charge in [0.2, 0.25) is 59.1 Å². The maximum atomic E-state index is 14.7. The van der Waals surface area contributed by atoms with Crippen molar-refractivity contribution in [1.29, 1.82) is 0 Å². The number of nitrogens with one attached hydrogen (secondary N) is 7. The van der Waals surface area contributed by atoms with Crippen LogP contribution in [0.25, 0.3) is 0 Å². The van der Waals surface area contributed by atoms with E-state index in [4.69, 9.17) is 11.5 Å². The maximum absolute atomic E-state index is 14.7. The fraction of sp³-hybridized carbons (Fsp3) is 0.608. The molecule has 3 aliphatic rings. The molecule has 1 aromatic heterocycles. The number of imidazole rings is 1. The summed E-state index contributed by atoms with van der Waals surface area (Å²) in [7, 11) is 0. The maximum Gasteiger partial charge on any atom is 0.328 e. The molecule has 5 rings (SSSR count). The van der Waals surface area contributed by atoms with Crippen LogP contribution < -0.4 is 43.4 Å². The van der Waals surface area contributed by atoms with E-state index in [0.29, 0.717) is 49.2 Å². The average molecular weight is 1130 g/mol. The lowest BCUT2D eigenvalue weighted by Gasteiger charge is -2.33. The number of phenols is 1. The summed E-state index contributed by atoms with van der Waals surface area (Å²) in [5, 5.41) is 45.3. The summed E-state index contributed by atoms with van der Waals surface area (Å²) in [6.07, 6.45) is 4.36. The first-order valence-corrected chi connectivity index (χ1v) is 27.8. The van der Waals surface area contributed by atoms with Crippen LogP contribution in [0.5, 0.6) is 5.75 Å². The molecule has 27 nitrogen and oxygen atoms in total. The van der Waals surface area contributed by atoms with Crippen LogP contribution in [0.4, 0.5) is 0 Å². The van der Waals surface area contributed by atoms with E-state index in [1.165, 1.54) is 63.3 Å². The number of primary amides is 1. The van der Waals surface area contributed by atoms with E-state index in [1.807, 2.05) is 6.26 Å². The Morgan fingerprint density at radius 2 is 1.22 bits per heavy atom. The number of aromatic amines is 1. The van der Waals surface area contributed by atoms with E-state index in [1.54, 1.807) is 13.8 Å². The molecule has 2 aromatic rings. The van der Waals surface area contributed by atoms with Crippen molar-refractivity contribution in [3.63, 3.8) is 0 Å². The molecule has 0 bridgehead atoms. The fourth-order valence-electron chi connectivity index (χ4n) is 9.90. The van der Waals surface area contributed by atoms with E-state index in [9.17, 15) is 68.1 Å². The first-order chi connectivity index (χ1) is 37.5. The zero-order valence-corrected chi connectivity index (χ0v) is 45.6. The highest BCUT2D eigenvalue weighted by Gasteiger charge is 2.43. The summed E-state index contributed by atoms with van der Waals surface area (Å²) >= 11 is 1.42. The number of aliphatic carboxylic acids is 1. The number of amides is 10. The van der Waals surface area contributed by atoms with Gasteiger partial charge in [0.25, 0.3) is 0 Å². The number of nitrogens with zero attached hydrogens (tertiary/aromatic N) is 4. The Labute approximate surface area is 461 Å². The number of carboxylic acids is 1. The van der Waals surface area contributed by atoms with Crippen molar-refractivity contribution < 1.29 is 68.1 Å². The van der Waals surface area contributed by atoms with Crippen molar-refractivity contribution in [2.75, 3.05) is 38.2 Å². The van der Waals surface area contributed by atoms with E-state index in [2.05, 4.69) is 41.9 Å². The van der Waals surface area contributed by atoms with Crippen molar-refractivity contribution in [3.8, 4) is 5.75 Å². The number of carboxylic acid groups (broad SMARTS) is 1. The topological polar surface area (TPSA) is 411 Å². The van der Waals surface area contributed by atoms with Crippen molar-refractivity contribution in [2.24, 2.45) is 17.4 Å². The molecule has 434 valence electrons. The predicted molar refractivity (Wildman–Crippen MR) is 285 cm³/mol. The molecule has 0 aliphatic carbocycles. The Morgan fingerprint density at radius 1 is 0.684 bits per heavy atom. The number of thioether (sulfide) groups is 1. The van der Waals surface area contributed by atoms with Gasteiger partial charge >= 0.3 is 5.97 Å². The van der Waals surface area contributed by atoms with Crippen LogP contribution in [0.3, 0.4) is 0 Å². The van der Waals surface area contributed by atoms with Crippen LogP contribution in [0.2, 0.25) is 0 Å². The third-order valence-corrected chi connectivity index (χ3v) is 14.8. The molecule has 0 unspecified atom stereocenters. The monoisotopic (exact) mass is 1130 g/mol. The lowest BCUT2D eigenvalue weighted by atomic mass is 9.99. The molecule has 0 saturated carbocycles. The molecule has 28 heteroatoms. The molecule has 1 aromatic carbocycles. The minimum absolute atomic E-state index is 0.0323. The van der Waals surface area contributed by atoms with Gasteiger partial charge in [0.05, 0.1) is 19.0 Å². The molecule has 4 heterocycles. The Bertz CT molecular complexity index is 2500. The molecule has 0 radical (unpaired) electrons. The highest BCUT2D eigenvalue weighted by atomic mass is 32.2. The van der Waals surface area contributed by atoms with Gasteiger partial charge in [-0.25, -0.2) is 9.78 Å². The zero-order chi connectivity index (χ0) is 58.1. The van der Waals surface area contributed by atoms with Crippen LogP contribution in [0, 0.1) is 5.92 Å². The summed E-state index contributed by atoms with van der Waals surface area (Å²) in [6, 6.07) is -5.62. The van der Waals surface area contributed by atoms with Gasteiger partial charge in [-0.2, -0.15) is 11.8 Å². The van der Waals surface area contributed by atoms with Gasteiger partial charge in [-0.05, 0) is 93.9 Å². The van der Waals surface area contributed by atoms with Gasteiger partial charge in [0.1, 0.15) is 54.1 Å². The van der Waals surface area contributed by atoms with Gasteiger partial charge in [-0.3, -0.25) is 47.9 Å². The highest BCUT2D eigenvalue weighted by Crippen LogP contribution is 2.24. The SMILES string of the molecule is CSCC[C@H](NC(=O)[C@H](Cc1cnc[nH]1)NC(=O)[C@@H]1CCCN1C(=O)CN)C(=O)N1CCC[C@H]1C(=O)N[C@H](C(=O)N[C@@H](Cc1ccc(O)cc1)C(=O)N1CCC[C@H]1C(=O)N[C@@H](CCC(N)=O)C(=O)N[C@H](C(=O)O)[C@@H](C)O)C(C)C. The summed E-state index contributed by atoms with van der Waals surface area (Å²) < 4.78 is 0. The van der Waals surface area contributed by atoms with Crippen LogP contribution in [-0.4, -0.2) is 204 Å². The number of aliphatic hydroxyl groups is 1. The minimum atomic E-state index is -1.76. The molecule has 3 aliphatic heterocycles. The molecular weight excluding hydrogens is 1050 g/mol. The third-order valence-electron chi connectivity index (χ3n) is 14.2. The summed E-state index contributed by atoms with van der Waals surface area (Å²) in [5.74, 6) is -8.90. The second-order valence-electron chi connectivity index (χ2n) is 20.3.